The molecular formula is C18H17F4NO. The predicted octanol–water partition coefficient (Wildman–Crippen LogP) is 4.42. The Kier molecular flexibility index (Phi) is 4.87. The fourth-order valence-corrected chi connectivity index (χ4v) is 2.88. The predicted molar refractivity (Wildman–Crippen MR) is 81.8 cm³/mol. The molecule has 24 heavy (non-hydrogen) atoms. The molecule has 0 saturated carbocycles. The van der Waals surface area contributed by atoms with Crippen molar-refractivity contribution in [3.05, 3.63) is 71.0 Å². The summed E-state index contributed by atoms with van der Waals surface area (Å²) in [5.41, 5.74) is 0.388. The number of hydrogen-bond acceptors (Lipinski definition) is 2. The molecule has 1 unspecified atom stereocenters. The minimum absolute atomic E-state index is 0.129. The molecule has 0 bridgehead atoms. The number of ether oxygens (including phenoxy) is 1. The highest BCUT2D eigenvalue weighted by Crippen LogP contribution is 2.31. The van der Waals surface area contributed by atoms with E-state index in [4.69, 9.17) is 4.74 Å². The molecule has 1 fully saturated rings. The van der Waals surface area contributed by atoms with Crippen molar-refractivity contribution >= 4 is 0 Å². The van der Waals surface area contributed by atoms with Gasteiger partial charge in [-0.25, -0.2) is 4.39 Å². The van der Waals surface area contributed by atoms with Crippen LogP contribution in [0.2, 0.25) is 0 Å². The maximum atomic E-state index is 13.5. The van der Waals surface area contributed by atoms with Crippen LogP contribution in [0.1, 0.15) is 22.8 Å². The number of benzene rings is 2. The lowest BCUT2D eigenvalue weighted by molar-refractivity contribution is -0.137. The maximum absolute atomic E-state index is 13.5. The van der Waals surface area contributed by atoms with E-state index in [1.165, 1.54) is 0 Å². The minimum atomic E-state index is -4.55. The zero-order chi connectivity index (χ0) is 17.2. The summed E-state index contributed by atoms with van der Waals surface area (Å²) in [6.45, 7) is 1.90. The minimum Gasteiger partial charge on any atom is -0.371 e. The number of morpholine rings is 1. The summed E-state index contributed by atoms with van der Waals surface area (Å²) >= 11 is 0. The van der Waals surface area contributed by atoms with Gasteiger partial charge in [-0.1, -0.05) is 30.3 Å². The van der Waals surface area contributed by atoms with Crippen LogP contribution in [0, 0.1) is 5.82 Å². The van der Waals surface area contributed by atoms with Gasteiger partial charge in [-0.3, -0.25) is 4.90 Å². The molecular weight excluding hydrogens is 322 g/mol. The Balaban J connectivity index is 1.73. The fourth-order valence-electron chi connectivity index (χ4n) is 2.88. The van der Waals surface area contributed by atoms with E-state index in [-0.39, 0.29) is 12.6 Å². The van der Waals surface area contributed by atoms with E-state index in [2.05, 4.69) is 0 Å². The molecule has 0 amide bonds. The van der Waals surface area contributed by atoms with Crippen LogP contribution in [-0.4, -0.2) is 24.6 Å². The first-order valence-corrected chi connectivity index (χ1v) is 7.67. The molecule has 1 saturated heterocycles. The largest absolute Gasteiger partial charge is 0.416 e. The van der Waals surface area contributed by atoms with E-state index in [0.717, 1.165) is 17.7 Å². The summed E-state index contributed by atoms with van der Waals surface area (Å²) < 4.78 is 57.7. The third-order valence-electron chi connectivity index (χ3n) is 4.01. The summed E-state index contributed by atoms with van der Waals surface area (Å²) in [6.07, 6.45) is -4.68. The van der Waals surface area contributed by atoms with Crippen LogP contribution in [0.15, 0.2) is 48.5 Å². The van der Waals surface area contributed by atoms with E-state index < -0.39 is 17.6 Å². The highest BCUT2D eigenvalue weighted by atomic mass is 19.4. The third kappa shape index (κ3) is 4.13. The summed E-state index contributed by atoms with van der Waals surface area (Å²) in [4.78, 5) is 1.98. The van der Waals surface area contributed by atoms with E-state index in [9.17, 15) is 17.6 Å². The fraction of sp³-hybridized carbons (Fsp3) is 0.333. The van der Waals surface area contributed by atoms with Crippen LogP contribution in [-0.2, 0) is 17.5 Å². The van der Waals surface area contributed by atoms with Gasteiger partial charge in [0.05, 0.1) is 18.3 Å². The molecule has 128 valence electrons. The molecule has 0 spiro atoms. The Morgan fingerprint density at radius 2 is 1.83 bits per heavy atom. The SMILES string of the molecule is Fc1cc(CN2CCOC(c3ccccc3)C2)cc(C(F)(F)F)c1. The van der Waals surface area contributed by atoms with Crippen molar-refractivity contribution in [2.24, 2.45) is 0 Å². The number of nitrogens with zero attached hydrogens (tertiary/aromatic N) is 1. The van der Waals surface area contributed by atoms with Gasteiger partial charge in [-0.2, -0.15) is 13.2 Å². The van der Waals surface area contributed by atoms with Crippen molar-refractivity contribution in [1.82, 2.24) is 4.90 Å². The first-order valence-electron chi connectivity index (χ1n) is 7.67. The van der Waals surface area contributed by atoms with E-state index >= 15 is 0 Å². The van der Waals surface area contributed by atoms with Gasteiger partial charge in [0, 0.05) is 19.6 Å². The van der Waals surface area contributed by atoms with Crippen molar-refractivity contribution in [3.8, 4) is 0 Å². The van der Waals surface area contributed by atoms with E-state index in [1.807, 2.05) is 35.2 Å². The standard InChI is InChI=1S/C18H17F4NO/c19-16-9-13(8-15(10-16)18(20,21)22)11-23-6-7-24-17(12-23)14-4-2-1-3-5-14/h1-5,8-10,17H,6-7,11-12H2. The van der Waals surface area contributed by atoms with Gasteiger partial charge in [0.2, 0.25) is 0 Å². The molecule has 2 aromatic rings. The van der Waals surface area contributed by atoms with Crippen molar-refractivity contribution < 1.29 is 22.3 Å². The van der Waals surface area contributed by atoms with Crippen LogP contribution in [0.3, 0.4) is 0 Å². The lowest BCUT2D eigenvalue weighted by Gasteiger charge is -2.33. The van der Waals surface area contributed by atoms with Crippen LogP contribution >= 0.6 is 0 Å². The van der Waals surface area contributed by atoms with Crippen molar-refractivity contribution in [2.45, 2.75) is 18.8 Å². The van der Waals surface area contributed by atoms with Gasteiger partial charge in [-0.05, 0) is 29.3 Å². The normalized spacial score (nSPS) is 19.4. The molecule has 0 aliphatic carbocycles. The number of alkyl halides is 3. The summed E-state index contributed by atoms with van der Waals surface area (Å²) in [6, 6.07) is 12.3. The Labute approximate surface area is 137 Å². The number of halogens is 4. The lowest BCUT2D eigenvalue weighted by Crippen LogP contribution is -2.37. The Morgan fingerprint density at radius 3 is 2.54 bits per heavy atom. The average Bonchev–Trinajstić information content (AvgIpc) is 2.54. The second-order valence-electron chi connectivity index (χ2n) is 5.85. The smallest absolute Gasteiger partial charge is 0.371 e. The topological polar surface area (TPSA) is 12.5 Å². The molecule has 0 aromatic heterocycles. The highest BCUT2D eigenvalue weighted by molar-refractivity contribution is 5.27. The molecule has 6 heteroatoms. The zero-order valence-electron chi connectivity index (χ0n) is 12.9. The quantitative estimate of drug-likeness (QED) is 0.768. The molecule has 2 nitrogen and oxygen atoms in total. The maximum Gasteiger partial charge on any atom is 0.416 e. The molecule has 1 aliphatic heterocycles. The summed E-state index contributed by atoms with van der Waals surface area (Å²) in [5, 5.41) is 0. The second kappa shape index (κ2) is 6.91. The summed E-state index contributed by atoms with van der Waals surface area (Å²) in [5.74, 6) is -0.868. The average molecular weight is 339 g/mol. The van der Waals surface area contributed by atoms with Gasteiger partial charge < -0.3 is 4.74 Å². The monoisotopic (exact) mass is 339 g/mol. The number of hydrogen-bond donors (Lipinski definition) is 0. The number of rotatable bonds is 3. The van der Waals surface area contributed by atoms with Gasteiger partial charge in [0.25, 0.3) is 0 Å². The first-order chi connectivity index (χ1) is 11.4. The summed E-state index contributed by atoms with van der Waals surface area (Å²) in [7, 11) is 0. The Hall–Kier alpha value is -1.92. The van der Waals surface area contributed by atoms with Crippen molar-refractivity contribution in [2.75, 3.05) is 19.7 Å². The van der Waals surface area contributed by atoms with Crippen molar-refractivity contribution in [1.29, 1.82) is 0 Å². The van der Waals surface area contributed by atoms with Crippen LogP contribution in [0.4, 0.5) is 17.6 Å². The Morgan fingerprint density at radius 1 is 1.08 bits per heavy atom. The first kappa shape index (κ1) is 16.9. The van der Waals surface area contributed by atoms with E-state index in [1.54, 1.807) is 0 Å². The van der Waals surface area contributed by atoms with Gasteiger partial charge >= 0.3 is 6.18 Å². The van der Waals surface area contributed by atoms with Crippen molar-refractivity contribution in [3.63, 3.8) is 0 Å². The molecule has 1 aliphatic rings. The third-order valence-corrected chi connectivity index (χ3v) is 4.01. The highest BCUT2D eigenvalue weighted by Gasteiger charge is 2.31. The molecule has 0 radical (unpaired) electrons. The molecule has 1 atom stereocenters. The van der Waals surface area contributed by atoms with Gasteiger partial charge in [0.15, 0.2) is 0 Å². The lowest BCUT2D eigenvalue weighted by atomic mass is 10.1. The van der Waals surface area contributed by atoms with Crippen LogP contribution < -0.4 is 0 Å². The van der Waals surface area contributed by atoms with Crippen LogP contribution in [0.5, 0.6) is 0 Å². The molecule has 2 aromatic carbocycles. The molecule has 1 heterocycles. The van der Waals surface area contributed by atoms with Gasteiger partial charge in [-0.15, -0.1) is 0 Å². The molecule has 0 N–H and O–H groups in total. The second-order valence-corrected chi connectivity index (χ2v) is 5.85. The van der Waals surface area contributed by atoms with E-state index in [0.29, 0.717) is 31.3 Å². The van der Waals surface area contributed by atoms with Crippen LogP contribution in [0.25, 0.3) is 0 Å². The molecule has 3 rings (SSSR count). The van der Waals surface area contributed by atoms with Gasteiger partial charge in [0.1, 0.15) is 5.82 Å². The zero-order valence-corrected chi connectivity index (χ0v) is 12.9. The Bertz CT molecular complexity index is 687.